The Balaban J connectivity index is 1.70. The molecule has 0 atom stereocenters. The zero-order valence-corrected chi connectivity index (χ0v) is 23.6. The molecular formula is C26H29F3N8O4S. The van der Waals surface area contributed by atoms with Gasteiger partial charge in [-0.05, 0) is 26.1 Å². The average molecular weight is 607 g/mol. The molecule has 1 fully saturated rings. The molecule has 16 heteroatoms. The molecule has 0 unspecified atom stereocenters. The Morgan fingerprint density at radius 1 is 1.05 bits per heavy atom. The Hall–Kier alpha value is -4.15. The highest BCUT2D eigenvalue weighted by Crippen LogP contribution is 2.41. The maximum Gasteiger partial charge on any atom is 0.435 e. The summed E-state index contributed by atoms with van der Waals surface area (Å²) in [5.74, 6) is -2.16. The van der Waals surface area contributed by atoms with Crippen molar-refractivity contribution in [1.29, 1.82) is 0 Å². The van der Waals surface area contributed by atoms with E-state index in [0.29, 0.717) is 24.4 Å². The zero-order chi connectivity index (χ0) is 30.4. The van der Waals surface area contributed by atoms with Gasteiger partial charge < -0.3 is 20.6 Å². The first kappa shape index (κ1) is 30.8. The van der Waals surface area contributed by atoms with Crippen molar-refractivity contribution in [3.05, 3.63) is 46.9 Å². The number of piperazine rings is 1. The summed E-state index contributed by atoms with van der Waals surface area (Å²) < 4.78 is 42.3. The summed E-state index contributed by atoms with van der Waals surface area (Å²) >= 11 is 0.535. The lowest BCUT2D eigenvalue weighted by Crippen LogP contribution is -2.46. The number of amides is 3. The number of aromatic nitrogens is 3. The third-order valence-electron chi connectivity index (χ3n) is 6.42. The van der Waals surface area contributed by atoms with Crippen LogP contribution in [0.2, 0.25) is 0 Å². The number of likely N-dealkylation sites (N-methyl/N-ethyl adjacent to an activating group) is 1. The predicted molar refractivity (Wildman–Crippen MR) is 150 cm³/mol. The van der Waals surface area contributed by atoms with E-state index in [0.717, 1.165) is 32.4 Å². The van der Waals surface area contributed by atoms with E-state index in [-0.39, 0.29) is 39.6 Å². The standard InChI is InChI=1S/C26H29F3N8O4S/c1-3-31-25(41)34-19-11-17(18(14-33-19)15-10-16(24(39)40)13-30-12-15)23-35-21(26(27,28)29)20(42-23)22(38)32-4-5-37-8-6-36(2)7-9-37/h10-14H,3-9H2,1-2H3,(H,32,38)(H,39,40)(H2,31,33,34,41). The van der Waals surface area contributed by atoms with Crippen LogP contribution in [0.1, 0.15) is 32.6 Å². The fourth-order valence-electron chi connectivity index (χ4n) is 4.22. The first-order chi connectivity index (χ1) is 20.0. The quantitative estimate of drug-likeness (QED) is 0.288. The van der Waals surface area contributed by atoms with Gasteiger partial charge in [-0.15, -0.1) is 11.3 Å². The summed E-state index contributed by atoms with van der Waals surface area (Å²) in [6, 6.07) is 2.01. The third-order valence-corrected chi connectivity index (χ3v) is 7.51. The minimum Gasteiger partial charge on any atom is -0.478 e. The molecule has 0 saturated carbocycles. The molecule has 42 heavy (non-hydrogen) atoms. The second-order valence-electron chi connectivity index (χ2n) is 9.46. The minimum absolute atomic E-state index is 0.00369. The number of carbonyl (C=O) groups excluding carboxylic acids is 2. The zero-order valence-electron chi connectivity index (χ0n) is 22.8. The van der Waals surface area contributed by atoms with Crippen molar-refractivity contribution in [3.63, 3.8) is 0 Å². The van der Waals surface area contributed by atoms with Crippen molar-refractivity contribution in [2.75, 3.05) is 58.2 Å². The maximum absolute atomic E-state index is 14.1. The monoisotopic (exact) mass is 606 g/mol. The van der Waals surface area contributed by atoms with Crippen molar-refractivity contribution >= 4 is 35.1 Å². The van der Waals surface area contributed by atoms with Gasteiger partial charge in [0, 0.05) is 81.1 Å². The predicted octanol–water partition coefficient (Wildman–Crippen LogP) is 3.10. The van der Waals surface area contributed by atoms with Gasteiger partial charge in [-0.3, -0.25) is 20.0 Å². The van der Waals surface area contributed by atoms with Crippen LogP contribution in [0.5, 0.6) is 0 Å². The van der Waals surface area contributed by atoms with Gasteiger partial charge in [0.2, 0.25) is 0 Å². The second-order valence-corrected chi connectivity index (χ2v) is 10.5. The fraction of sp³-hybridized carbons (Fsp3) is 0.385. The van der Waals surface area contributed by atoms with Crippen molar-refractivity contribution in [2.45, 2.75) is 13.1 Å². The summed E-state index contributed by atoms with van der Waals surface area (Å²) in [7, 11) is 2.01. The first-order valence-corrected chi connectivity index (χ1v) is 13.8. The van der Waals surface area contributed by atoms with E-state index >= 15 is 0 Å². The number of hydrogen-bond donors (Lipinski definition) is 4. The van der Waals surface area contributed by atoms with Crippen LogP contribution >= 0.6 is 11.3 Å². The van der Waals surface area contributed by atoms with Crippen molar-refractivity contribution < 1.29 is 32.7 Å². The molecule has 0 radical (unpaired) electrons. The summed E-state index contributed by atoms with van der Waals surface area (Å²) in [5.41, 5.74) is -0.968. The molecule has 4 N–H and O–H groups in total. The molecule has 0 aliphatic carbocycles. The molecule has 1 saturated heterocycles. The number of nitrogens with one attached hydrogen (secondary N) is 3. The number of urea groups is 1. The Morgan fingerprint density at radius 2 is 1.79 bits per heavy atom. The normalized spacial score (nSPS) is 14.4. The van der Waals surface area contributed by atoms with Crippen LogP contribution in [0.15, 0.2) is 30.7 Å². The average Bonchev–Trinajstić information content (AvgIpc) is 3.41. The third kappa shape index (κ3) is 7.57. The molecule has 4 rings (SSSR count). The van der Waals surface area contributed by atoms with Gasteiger partial charge in [0.1, 0.15) is 15.7 Å². The van der Waals surface area contributed by atoms with Crippen LogP contribution in [0.4, 0.5) is 23.8 Å². The molecule has 0 spiro atoms. The Bertz CT molecular complexity index is 1460. The molecule has 3 aromatic rings. The molecule has 3 amide bonds. The highest BCUT2D eigenvalue weighted by atomic mass is 32.1. The summed E-state index contributed by atoms with van der Waals surface area (Å²) in [6.07, 6.45) is -1.21. The molecule has 0 aromatic carbocycles. The number of carbonyl (C=O) groups is 3. The molecular weight excluding hydrogens is 577 g/mol. The molecule has 3 aromatic heterocycles. The van der Waals surface area contributed by atoms with E-state index in [2.05, 4.69) is 40.7 Å². The Kier molecular flexibility index (Phi) is 9.70. The van der Waals surface area contributed by atoms with Gasteiger partial charge in [-0.25, -0.2) is 19.6 Å². The topological polar surface area (TPSA) is 153 Å². The highest BCUT2D eigenvalue weighted by Gasteiger charge is 2.40. The van der Waals surface area contributed by atoms with Crippen molar-refractivity contribution in [2.24, 2.45) is 0 Å². The Labute approximate surface area is 243 Å². The van der Waals surface area contributed by atoms with Crippen LogP contribution < -0.4 is 16.0 Å². The molecule has 1 aliphatic rings. The fourth-order valence-corrected chi connectivity index (χ4v) is 5.25. The lowest BCUT2D eigenvalue weighted by atomic mass is 10.0. The van der Waals surface area contributed by atoms with Crippen LogP contribution in [-0.4, -0.2) is 101 Å². The Morgan fingerprint density at radius 3 is 2.45 bits per heavy atom. The first-order valence-electron chi connectivity index (χ1n) is 13.0. The van der Waals surface area contributed by atoms with Gasteiger partial charge in [0.05, 0.1) is 5.56 Å². The molecule has 0 bridgehead atoms. The van der Waals surface area contributed by atoms with Crippen LogP contribution in [0.3, 0.4) is 0 Å². The summed E-state index contributed by atoms with van der Waals surface area (Å²) in [4.78, 5) is 52.2. The number of halogens is 3. The number of carboxylic acids is 1. The number of nitrogens with zero attached hydrogens (tertiary/aromatic N) is 5. The molecule has 12 nitrogen and oxygen atoms in total. The van der Waals surface area contributed by atoms with Crippen molar-refractivity contribution in [3.8, 4) is 21.7 Å². The van der Waals surface area contributed by atoms with Gasteiger partial charge in [0.15, 0.2) is 5.69 Å². The molecule has 4 heterocycles. The smallest absolute Gasteiger partial charge is 0.435 e. The van der Waals surface area contributed by atoms with Crippen LogP contribution in [-0.2, 0) is 6.18 Å². The number of carboxylic acid groups (broad SMARTS) is 1. The van der Waals surface area contributed by atoms with E-state index in [4.69, 9.17) is 0 Å². The van der Waals surface area contributed by atoms with Gasteiger partial charge >= 0.3 is 18.2 Å². The number of thiazole rings is 1. The number of anilines is 1. The highest BCUT2D eigenvalue weighted by molar-refractivity contribution is 7.17. The number of aromatic carboxylic acids is 1. The van der Waals surface area contributed by atoms with Crippen LogP contribution in [0, 0.1) is 0 Å². The lowest BCUT2D eigenvalue weighted by Gasteiger charge is -2.32. The van der Waals surface area contributed by atoms with Crippen LogP contribution in [0.25, 0.3) is 21.7 Å². The van der Waals surface area contributed by atoms with E-state index in [9.17, 15) is 32.7 Å². The summed E-state index contributed by atoms with van der Waals surface area (Å²) in [5, 5.41) is 16.8. The van der Waals surface area contributed by atoms with E-state index < -0.39 is 34.7 Å². The van der Waals surface area contributed by atoms with Crippen molar-refractivity contribution in [1.82, 2.24) is 35.4 Å². The van der Waals surface area contributed by atoms with E-state index in [1.807, 2.05) is 7.05 Å². The van der Waals surface area contributed by atoms with E-state index in [1.165, 1.54) is 24.5 Å². The number of rotatable bonds is 9. The number of pyridine rings is 2. The number of hydrogen-bond acceptors (Lipinski definition) is 9. The van der Waals surface area contributed by atoms with E-state index in [1.54, 1.807) is 6.92 Å². The number of alkyl halides is 3. The minimum atomic E-state index is -4.93. The molecule has 224 valence electrons. The maximum atomic E-state index is 14.1. The van der Waals surface area contributed by atoms with Gasteiger partial charge in [0.25, 0.3) is 5.91 Å². The van der Waals surface area contributed by atoms with Gasteiger partial charge in [-0.2, -0.15) is 13.2 Å². The molecule has 1 aliphatic heterocycles. The SMILES string of the molecule is CCNC(=O)Nc1cc(-c2nc(C(F)(F)F)c(C(=O)NCCN3CCN(C)CC3)s2)c(-c2cncc(C(=O)O)c2)cn1. The second kappa shape index (κ2) is 13.2. The lowest BCUT2D eigenvalue weighted by molar-refractivity contribution is -0.141. The largest absolute Gasteiger partial charge is 0.478 e. The van der Waals surface area contributed by atoms with Gasteiger partial charge in [-0.1, -0.05) is 0 Å². The summed E-state index contributed by atoms with van der Waals surface area (Å²) in [6.45, 7) is 5.97.